The van der Waals surface area contributed by atoms with Crippen LogP contribution in [0.25, 0.3) is 0 Å². The molecule has 7 heteroatoms. The van der Waals surface area contributed by atoms with Crippen LogP contribution >= 0.6 is 0 Å². The molecule has 1 rings (SSSR count). The number of amides is 3. The Hall–Kier alpha value is -1.92. The van der Waals surface area contributed by atoms with Gasteiger partial charge in [0.2, 0.25) is 11.8 Å². The van der Waals surface area contributed by atoms with E-state index in [2.05, 4.69) is 26.1 Å². The number of unbranched alkanes of at least 4 members (excludes halogenated alkanes) is 11. The molecule has 36 heavy (non-hydrogen) atoms. The Morgan fingerprint density at radius 3 is 1.72 bits per heavy atom. The highest BCUT2D eigenvalue weighted by Crippen LogP contribution is 2.29. The molecular formula is C29H49N2O5. The number of nitrogens with one attached hydrogen (secondary N) is 1. The molecule has 3 amide bonds. The smallest absolute Gasteiger partial charge is 0.407 e. The lowest BCUT2D eigenvalue weighted by molar-refractivity contribution is -0.161. The van der Waals surface area contributed by atoms with Crippen molar-refractivity contribution in [1.29, 1.82) is 0 Å². The number of nitrogens with zero attached hydrogens (tertiary/aromatic N) is 1. The third kappa shape index (κ3) is 12.4. The van der Waals surface area contributed by atoms with Crippen LogP contribution in [0.15, 0.2) is 0 Å². The standard InChI is InChI=1S/C29H49N2O5/c1-4-7-9-11-15-19-24-26(32)25(20-16-12-13-17-21-30-29(35)36-23-6-3)28(34)31(27(24)33)22-18-14-10-8-5-2/h24-25H,1-23H2,(H,30,35). The first-order valence-corrected chi connectivity index (χ1v) is 14.1. The first-order valence-electron chi connectivity index (χ1n) is 14.1. The van der Waals surface area contributed by atoms with Gasteiger partial charge in [0.05, 0.1) is 18.4 Å². The molecule has 0 aromatic heterocycles. The highest BCUT2D eigenvalue weighted by molar-refractivity contribution is 6.20. The summed E-state index contributed by atoms with van der Waals surface area (Å²) >= 11 is 0. The number of ether oxygens (including phenoxy) is 1. The van der Waals surface area contributed by atoms with E-state index in [9.17, 15) is 19.2 Å². The molecule has 7 nitrogen and oxygen atoms in total. The molecule has 0 aliphatic carbocycles. The summed E-state index contributed by atoms with van der Waals surface area (Å²) in [6.45, 7) is 12.6. The van der Waals surface area contributed by atoms with Gasteiger partial charge in [0.1, 0.15) is 0 Å². The summed E-state index contributed by atoms with van der Waals surface area (Å²) in [5.41, 5.74) is 0. The van der Waals surface area contributed by atoms with Crippen molar-refractivity contribution in [3.05, 3.63) is 20.8 Å². The van der Waals surface area contributed by atoms with Crippen LogP contribution in [0.2, 0.25) is 0 Å². The molecule has 1 N–H and O–H groups in total. The summed E-state index contributed by atoms with van der Waals surface area (Å²) in [7, 11) is 0. The fourth-order valence-electron chi connectivity index (χ4n) is 4.64. The van der Waals surface area contributed by atoms with Gasteiger partial charge in [-0.1, -0.05) is 90.9 Å². The molecule has 1 aliphatic rings. The summed E-state index contributed by atoms with van der Waals surface area (Å²) in [6, 6.07) is 0. The molecule has 2 atom stereocenters. The molecule has 0 bridgehead atoms. The minimum atomic E-state index is -0.705. The number of likely N-dealkylation sites (tertiary alicyclic amines) is 1. The van der Waals surface area contributed by atoms with Crippen molar-refractivity contribution in [2.75, 3.05) is 19.7 Å². The molecule has 205 valence electrons. The van der Waals surface area contributed by atoms with Crippen molar-refractivity contribution < 1.29 is 23.9 Å². The van der Waals surface area contributed by atoms with E-state index in [0.29, 0.717) is 39.0 Å². The van der Waals surface area contributed by atoms with Gasteiger partial charge in [0.15, 0.2) is 5.78 Å². The van der Waals surface area contributed by atoms with Crippen molar-refractivity contribution >= 4 is 23.7 Å². The van der Waals surface area contributed by atoms with Crippen molar-refractivity contribution in [3.63, 3.8) is 0 Å². The SMILES string of the molecule is [CH2]CCCCCCC1C(=O)C(CCCCCCNC(=O)OCC[CH2])C(=O)N(CCCCCC[CH2])C1=O. The fraction of sp³-hybridized carbons (Fsp3) is 0.759. The number of hydrogen-bond acceptors (Lipinski definition) is 5. The van der Waals surface area contributed by atoms with Gasteiger partial charge < -0.3 is 10.1 Å². The summed E-state index contributed by atoms with van der Waals surface area (Å²) < 4.78 is 4.92. The van der Waals surface area contributed by atoms with E-state index in [0.717, 1.165) is 89.9 Å². The average molecular weight is 506 g/mol. The zero-order chi connectivity index (χ0) is 26.6. The van der Waals surface area contributed by atoms with Crippen molar-refractivity contribution in [1.82, 2.24) is 10.2 Å². The normalized spacial score (nSPS) is 18.1. The van der Waals surface area contributed by atoms with E-state index in [1.165, 1.54) is 4.90 Å². The molecular weight excluding hydrogens is 456 g/mol. The molecule has 0 saturated carbocycles. The van der Waals surface area contributed by atoms with E-state index in [4.69, 9.17) is 4.74 Å². The highest BCUT2D eigenvalue weighted by atomic mass is 16.5. The summed E-state index contributed by atoms with van der Waals surface area (Å²) in [4.78, 5) is 52.3. The monoisotopic (exact) mass is 505 g/mol. The zero-order valence-electron chi connectivity index (χ0n) is 22.4. The Morgan fingerprint density at radius 2 is 1.19 bits per heavy atom. The van der Waals surface area contributed by atoms with Crippen LogP contribution in [0.5, 0.6) is 0 Å². The Labute approximate surface area is 219 Å². The second kappa shape index (κ2) is 20.2. The summed E-state index contributed by atoms with van der Waals surface area (Å²) in [5, 5.41) is 2.70. The van der Waals surface area contributed by atoms with Gasteiger partial charge in [-0.05, 0) is 39.0 Å². The van der Waals surface area contributed by atoms with E-state index in [1.54, 1.807) is 0 Å². The van der Waals surface area contributed by atoms with Gasteiger partial charge in [0.25, 0.3) is 0 Å². The molecule has 0 spiro atoms. The van der Waals surface area contributed by atoms with Crippen molar-refractivity contribution in [2.24, 2.45) is 11.8 Å². The second-order valence-corrected chi connectivity index (χ2v) is 9.78. The first-order chi connectivity index (χ1) is 17.5. The van der Waals surface area contributed by atoms with Crippen LogP contribution in [0.3, 0.4) is 0 Å². The Bertz CT molecular complexity index is 616. The van der Waals surface area contributed by atoms with Crippen LogP contribution < -0.4 is 5.32 Å². The van der Waals surface area contributed by atoms with Gasteiger partial charge in [0, 0.05) is 13.1 Å². The molecule has 1 heterocycles. The largest absolute Gasteiger partial charge is 0.450 e. The van der Waals surface area contributed by atoms with Gasteiger partial charge in [-0.15, -0.1) is 0 Å². The molecule has 1 fully saturated rings. The quantitative estimate of drug-likeness (QED) is 0.117. The predicted molar refractivity (Wildman–Crippen MR) is 143 cm³/mol. The molecule has 1 saturated heterocycles. The maximum Gasteiger partial charge on any atom is 0.407 e. The fourth-order valence-corrected chi connectivity index (χ4v) is 4.64. The number of piperidine rings is 1. The lowest BCUT2D eigenvalue weighted by Gasteiger charge is -2.35. The van der Waals surface area contributed by atoms with Gasteiger partial charge in [-0.2, -0.15) is 0 Å². The second-order valence-electron chi connectivity index (χ2n) is 9.78. The summed E-state index contributed by atoms with van der Waals surface area (Å²) in [5.74, 6) is -2.15. The van der Waals surface area contributed by atoms with Gasteiger partial charge in [-0.25, -0.2) is 4.79 Å². The highest BCUT2D eigenvalue weighted by Gasteiger charge is 2.46. The number of Topliss-reactive ketones (excluding diaryl/α,β-unsaturated/α-hetero) is 1. The number of ketones is 1. The minimum Gasteiger partial charge on any atom is -0.450 e. The van der Waals surface area contributed by atoms with Gasteiger partial charge in [-0.3, -0.25) is 19.3 Å². The average Bonchev–Trinajstić information content (AvgIpc) is 2.87. The van der Waals surface area contributed by atoms with Crippen LogP contribution in [-0.2, 0) is 19.1 Å². The van der Waals surface area contributed by atoms with Gasteiger partial charge >= 0.3 is 6.09 Å². The van der Waals surface area contributed by atoms with E-state index in [1.807, 2.05) is 0 Å². The topological polar surface area (TPSA) is 92.8 Å². The van der Waals surface area contributed by atoms with Crippen LogP contribution in [0.4, 0.5) is 4.79 Å². The lowest BCUT2D eigenvalue weighted by Crippen LogP contribution is -2.55. The third-order valence-electron chi connectivity index (χ3n) is 6.76. The lowest BCUT2D eigenvalue weighted by atomic mass is 9.80. The zero-order valence-corrected chi connectivity index (χ0v) is 22.4. The molecule has 0 aromatic rings. The molecule has 1 aliphatic heterocycles. The third-order valence-corrected chi connectivity index (χ3v) is 6.76. The van der Waals surface area contributed by atoms with Crippen LogP contribution in [-0.4, -0.2) is 48.3 Å². The number of rotatable bonds is 21. The number of imide groups is 1. The summed E-state index contributed by atoms with van der Waals surface area (Å²) in [6.07, 6.45) is 14.0. The Kier molecular flexibility index (Phi) is 18.0. The molecule has 3 radical (unpaired) electrons. The van der Waals surface area contributed by atoms with E-state index >= 15 is 0 Å². The number of carbonyl (C=O) groups is 4. The van der Waals surface area contributed by atoms with Crippen molar-refractivity contribution in [2.45, 2.75) is 109 Å². The Morgan fingerprint density at radius 1 is 0.694 bits per heavy atom. The first kappa shape index (κ1) is 32.1. The minimum absolute atomic E-state index is 0.176. The number of hydrogen-bond donors (Lipinski definition) is 1. The van der Waals surface area contributed by atoms with Crippen LogP contribution in [0.1, 0.15) is 109 Å². The number of alkyl carbamates (subject to hydrolysis) is 1. The van der Waals surface area contributed by atoms with Crippen LogP contribution in [0, 0.1) is 32.6 Å². The predicted octanol–water partition coefficient (Wildman–Crippen LogP) is 6.02. The molecule has 0 aromatic carbocycles. The molecule has 2 unspecified atom stereocenters. The van der Waals surface area contributed by atoms with E-state index in [-0.39, 0.29) is 17.6 Å². The number of carbonyl (C=O) groups excluding carboxylic acids is 4. The van der Waals surface area contributed by atoms with E-state index < -0.39 is 17.9 Å². The van der Waals surface area contributed by atoms with Crippen molar-refractivity contribution in [3.8, 4) is 0 Å². The maximum absolute atomic E-state index is 13.2. The Balaban J connectivity index is 2.57. The maximum atomic E-state index is 13.2.